The molecule has 1 aliphatic heterocycles. The van der Waals surface area contributed by atoms with E-state index in [4.69, 9.17) is 9.47 Å². The van der Waals surface area contributed by atoms with Crippen LogP contribution in [0.5, 0.6) is 5.75 Å². The number of Topliss-reactive ketones (excluding diaryl/α,β-unsaturated/α-hetero) is 1. The molecule has 1 unspecified atom stereocenters. The Labute approximate surface area is 124 Å². The van der Waals surface area contributed by atoms with Gasteiger partial charge < -0.3 is 14.4 Å². The molecule has 0 amide bonds. The van der Waals surface area contributed by atoms with E-state index in [1.165, 1.54) is 0 Å². The van der Waals surface area contributed by atoms with Crippen molar-refractivity contribution in [2.45, 2.75) is 25.9 Å². The molecule has 21 heavy (non-hydrogen) atoms. The Balaban J connectivity index is 2.03. The third-order valence-electron chi connectivity index (χ3n) is 3.44. The highest BCUT2D eigenvalue weighted by Crippen LogP contribution is 2.19. The first-order valence-corrected chi connectivity index (χ1v) is 7.27. The molecule has 0 radical (unpaired) electrons. The average molecular weight is 291 g/mol. The number of carbonyl (C=O) groups excluding carboxylic acids is 2. The van der Waals surface area contributed by atoms with Gasteiger partial charge in [-0.2, -0.15) is 0 Å². The third kappa shape index (κ3) is 4.29. The molecule has 0 bridgehead atoms. The zero-order valence-corrected chi connectivity index (χ0v) is 12.5. The van der Waals surface area contributed by atoms with Crippen molar-refractivity contribution in [2.75, 3.05) is 26.7 Å². The van der Waals surface area contributed by atoms with Crippen molar-refractivity contribution in [2.24, 2.45) is 0 Å². The second-order valence-corrected chi connectivity index (χ2v) is 5.22. The van der Waals surface area contributed by atoms with Crippen molar-refractivity contribution in [3.8, 4) is 5.75 Å². The lowest BCUT2D eigenvalue weighted by molar-refractivity contribution is -0.137. The lowest BCUT2D eigenvalue weighted by Gasteiger charge is -2.30. The summed E-state index contributed by atoms with van der Waals surface area (Å²) in [5, 5.41) is 0. The minimum atomic E-state index is -0.827. The van der Waals surface area contributed by atoms with Gasteiger partial charge in [-0.1, -0.05) is 12.1 Å². The summed E-state index contributed by atoms with van der Waals surface area (Å²) < 4.78 is 10.6. The lowest BCUT2D eigenvalue weighted by atomic mass is 10.1. The van der Waals surface area contributed by atoms with Gasteiger partial charge in [0.2, 0.25) is 0 Å². The second kappa shape index (κ2) is 7.22. The fraction of sp³-hybridized carbons (Fsp3) is 0.500. The Hall–Kier alpha value is -1.88. The number of carbonyl (C=O) groups is 2. The number of piperidine rings is 1. The van der Waals surface area contributed by atoms with Gasteiger partial charge in [-0.3, -0.25) is 4.79 Å². The fourth-order valence-corrected chi connectivity index (χ4v) is 2.43. The monoisotopic (exact) mass is 291 g/mol. The van der Waals surface area contributed by atoms with Crippen molar-refractivity contribution >= 4 is 11.8 Å². The number of esters is 1. The Bertz CT molecular complexity index is 515. The molecule has 1 heterocycles. The van der Waals surface area contributed by atoms with E-state index in [-0.39, 0.29) is 12.7 Å². The molecule has 5 nitrogen and oxygen atoms in total. The van der Waals surface area contributed by atoms with Crippen LogP contribution in [0.1, 0.15) is 30.1 Å². The largest absolute Gasteiger partial charge is 0.489 e. The highest BCUT2D eigenvalue weighted by Gasteiger charge is 2.21. The molecule has 1 atom stereocenters. The Morgan fingerprint density at radius 2 is 2.19 bits per heavy atom. The smallest absolute Gasteiger partial charge is 0.379 e. The van der Waals surface area contributed by atoms with Gasteiger partial charge in [-0.25, -0.2) is 4.79 Å². The van der Waals surface area contributed by atoms with Crippen LogP contribution in [0, 0.1) is 0 Å². The Morgan fingerprint density at radius 1 is 1.38 bits per heavy atom. The predicted octanol–water partition coefficient (Wildman–Crippen LogP) is 1.91. The van der Waals surface area contributed by atoms with E-state index < -0.39 is 11.8 Å². The summed E-state index contributed by atoms with van der Waals surface area (Å²) >= 11 is 0. The van der Waals surface area contributed by atoms with Crippen LogP contribution in [0.2, 0.25) is 0 Å². The molecule has 1 saturated heterocycles. The van der Waals surface area contributed by atoms with Crippen LogP contribution in [-0.4, -0.2) is 49.5 Å². The number of ether oxygens (including phenoxy) is 2. The first kappa shape index (κ1) is 15.5. The maximum atomic E-state index is 11.9. The normalized spacial score (nSPS) is 19.0. The first-order chi connectivity index (χ1) is 10.1. The number of nitrogens with zero attached hydrogens (tertiary/aromatic N) is 1. The van der Waals surface area contributed by atoms with Gasteiger partial charge in [0, 0.05) is 12.1 Å². The summed E-state index contributed by atoms with van der Waals surface area (Å²) in [6.07, 6.45) is 2.22. The number of benzene rings is 1. The fourth-order valence-electron chi connectivity index (χ4n) is 2.43. The molecule has 1 aliphatic rings. The van der Waals surface area contributed by atoms with E-state index in [1.807, 2.05) is 0 Å². The molecule has 5 heteroatoms. The molecular weight excluding hydrogens is 270 g/mol. The molecule has 114 valence electrons. The highest BCUT2D eigenvalue weighted by molar-refractivity contribution is 6.40. The number of hydrogen-bond acceptors (Lipinski definition) is 5. The van der Waals surface area contributed by atoms with Gasteiger partial charge in [0.1, 0.15) is 11.9 Å². The van der Waals surface area contributed by atoms with Crippen LogP contribution in [0.15, 0.2) is 24.3 Å². The Kier molecular flexibility index (Phi) is 5.33. The van der Waals surface area contributed by atoms with Crippen molar-refractivity contribution < 1.29 is 19.1 Å². The van der Waals surface area contributed by atoms with Gasteiger partial charge in [-0.15, -0.1) is 0 Å². The van der Waals surface area contributed by atoms with Crippen LogP contribution in [0.25, 0.3) is 0 Å². The van der Waals surface area contributed by atoms with Crippen molar-refractivity contribution in [3.05, 3.63) is 29.8 Å². The molecule has 0 aliphatic carbocycles. The van der Waals surface area contributed by atoms with Crippen LogP contribution >= 0.6 is 0 Å². The molecule has 2 rings (SSSR count). The lowest BCUT2D eigenvalue weighted by Crippen LogP contribution is -2.38. The summed E-state index contributed by atoms with van der Waals surface area (Å²) in [7, 11) is 2.07. The number of ketones is 1. The maximum absolute atomic E-state index is 11.9. The number of likely N-dealkylation sites (tertiary alicyclic amines) is 1. The number of hydrogen-bond donors (Lipinski definition) is 0. The molecule has 1 fully saturated rings. The molecule has 0 spiro atoms. The van der Waals surface area contributed by atoms with E-state index in [0.29, 0.717) is 11.3 Å². The number of likely N-dealkylation sites (N-methyl/N-ethyl adjacent to an activating group) is 1. The van der Waals surface area contributed by atoms with Crippen LogP contribution < -0.4 is 4.74 Å². The SMILES string of the molecule is CCOC(=O)C(=O)c1cccc(OC2CCCN(C)C2)c1. The van der Waals surface area contributed by atoms with E-state index in [1.54, 1.807) is 31.2 Å². The van der Waals surface area contributed by atoms with Gasteiger partial charge in [0.15, 0.2) is 0 Å². The molecule has 1 aromatic rings. The molecule has 1 aromatic carbocycles. The van der Waals surface area contributed by atoms with E-state index in [0.717, 1.165) is 25.9 Å². The summed E-state index contributed by atoms with van der Waals surface area (Å²) in [4.78, 5) is 25.6. The second-order valence-electron chi connectivity index (χ2n) is 5.22. The predicted molar refractivity (Wildman–Crippen MR) is 78.6 cm³/mol. The summed E-state index contributed by atoms with van der Waals surface area (Å²) in [5.74, 6) is -0.847. The van der Waals surface area contributed by atoms with Crippen molar-refractivity contribution in [3.63, 3.8) is 0 Å². The molecule has 0 aromatic heterocycles. The topological polar surface area (TPSA) is 55.8 Å². The van der Waals surface area contributed by atoms with Gasteiger partial charge >= 0.3 is 5.97 Å². The Morgan fingerprint density at radius 3 is 2.90 bits per heavy atom. The van der Waals surface area contributed by atoms with Crippen LogP contribution in [0.3, 0.4) is 0 Å². The summed E-state index contributed by atoms with van der Waals surface area (Å²) in [5.41, 5.74) is 0.301. The molecule has 0 N–H and O–H groups in total. The van der Waals surface area contributed by atoms with Crippen LogP contribution in [-0.2, 0) is 9.53 Å². The number of rotatable bonds is 5. The molecule has 0 saturated carbocycles. The third-order valence-corrected chi connectivity index (χ3v) is 3.44. The maximum Gasteiger partial charge on any atom is 0.379 e. The highest BCUT2D eigenvalue weighted by atomic mass is 16.5. The minimum Gasteiger partial charge on any atom is -0.489 e. The summed E-state index contributed by atoms with van der Waals surface area (Å²) in [6, 6.07) is 6.72. The zero-order chi connectivity index (χ0) is 15.2. The standard InChI is InChI=1S/C16H21NO4/c1-3-20-16(19)15(18)12-6-4-7-13(10-12)21-14-8-5-9-17(2)11-14/h4,6-7,10,14H,3,5,8-9,11H2,1-2H3. The van der Waals surface area contributed by atoms with Gasteiger partial charge in [-0.05, 0) is 45.5 Å². The quantitative estimate of drug-likeness (QED) is 0.471. The van der Waals surface area contributed by atoms with Crippen molar-refractivity contribution in [1.82, 2.24) is 4.90 Å². The van der Waals surface area contributed by atoms with Gasteiger partial charge in [0.25, 0.3) is 5.78 Å². The minimum absolute atomic E-state index is 0.122. The van der Waals surface area contributed by atoms with Crippen LogP contribution in [0.4, 0.5) is 0 Å². The van der Waals surface area contributed by atoms with E-state index in [2.05, 4.69) is 11.9 Å². The van der Waals surface area contributed by atoms with E-state index >= 15 is 0 Å². The zero-order valence-electron chi connectivity index (χ0n) is 12.5. The summed E-state index contributed by atoms with van der Waals surface area (Å²) in [6.45, 7) is 3.82. The average Bonchev–Trinajstić information content (AvgIpc) is 2.47. The van der Waals surface area contributed by atoms with Crippen molar-refractivity contribution in [1.29, 1.82) is 0 Å². The van der Waals surface area contributed by atoms with E-state index in [9.17, 15) is 9.59 Å². The first-order valence-electron chi connectivity index (χ1n) is 7.27. The van der Waals surface area contributed by atoms with Gasteiger partial charge in [0.05, 0.1) is 6.61 Å². The molecular formula is C16H21NO4.